The van der Waals surface area contributed by atoms with Gasteiger partial charge in [0.1, 0.15) is 5.75 Å². The third kappa shape index (κ3) is 5.00. The van der Waals surface area contributed by atoms with Gasteiger partial charge in [-0.15, -0.1) is 64.9 Å². The zero-order valence-corrected chi connectivity index (χ0v) is 23.2. The molecule has 1 radical (unpaired) electrons. The number of fused-ring (bicyclic) bond motifs is 7. The largest absolute Gasteiger partial charge is 0.506 e. The van der Waals surface area contributed by atoms with Crippen LogP contribution in [0.4, 0.5) is 0 Å². The number of hydrogen-bond donors (Lipinski definition) is 0. The zero-order chi connectivity index (χ0) is 24.5. The smallest absolute Gasteiger partial charge is 0.104 e. The van der Waals surface area contributed by atoms with E-state index >= 15 is 0 Å². The van der Waals surface area contributed by atoms with Gasteiger partial charge in [0.15, 0.2) is 0 Å². The van der Waals surface area contributed by atoms with Crippen molar-refractivity contribution in [2.24, 2.45) is 5.92 Å². The van der Waals surface area contributed by atoms with Crippen LogP contribution in [0.25, 0.3) is 43.8 Å². The first kappa shape index (κ1) is 25.1. The first-order chi connectivity index (χ1) is 17.7. The van der Waals surface area contributed by atoms with E-state index in [1.807, 2.05) is 36.5 Å². The Kier molecular flexibility index (Phi) is 7.32. The minimum absolute atomic E-state index is 0. The molecule has 185 valence electrons. The first-order valence-electron chi connectivity index (χ1n) is 12.4. The second-order valence-corrected chi connectivity index (χ2v) is 9.55. The molecular weight excluding hydrogens is 633 g/mol. The Balaban J connectivity index is 0.000000161. The van der Waals surface area contributed by atoms with Crippen molar-refractivity contribution in [3.05, 3.63) is 114 Å². The molecule has 1 aliphatic rings. The van der Waals surface area contributed by atoms with Crippen molar-refractivity contribution < 1.29 is 24.8 Å². The van der Waals surface area contributed by atoms with Crippen LogP contribution in [0.2, 0.25) is 0 Å². The fourth-order valence-corrected chi connectivity index (χ4v) is 4.85. The van der Waals surface area contributed by atoms with E-state index in [1.165, 1.54) is 21.7 Å². The molecular formula is C33H26IrN2O-2. The van der Waals surface area contributed by atoms with Crippen LogP contribution >= 0.6 is 0 Å². The number of rotatable bonds is 2. The molecule has 6 aromatic rings. The van der Waals surface area contributed by atoms with E-state index in [-0.39, 0.29) is 20.1 Å². The fraction of sp³-hybridized carbons (Fsp3) is 0.152. The SMILES string of the molecule is CC(C)Cc1cccc2nc3c(cc12)OCc1ccc[c-]c1-3.[Ir].[c-]1cccc2ccc3cccnc3c12. The van der Waals surface area contributed by atoms with Crippen molar-refractivity contribution >= 4 is 32.6 Å². The third-order valence-electron chi connectivity index (χ3n) is 6.51. The van der Waals surface area contributed by atoms with E-state index in [0.717, 1.165) is 45.4 Å². The summed E-state index contributed by atoms with van der Waals surface area (Å²) in [5, 5.41) is 4.67. The third-order valence-corrected chi connectivity index (χ3v) is 6.51. The molecule has 0 spiro atoms. The van der Waals surface area contributed by atoms with Crippen molar-refractivity contribution in [3.63, 3.8) is 0 Å². The van der Waals surface area contributed by atoms with Gasteiger partial charge in [-0.3, -0.25) is 4.98 Å². The standard InChI is InChI=1S/C20H18NO.C13H8N.Ir/c1-13(2)10-14-7-5-9-18-17(14)11-19-20(21-18)16-8-4-3-6-15(16)12-22-19;1-2-6-12-10(4-1)7-8-11-5-3-9-14-13(11)12;/h3-7,9,11,13H,10,12H2,1-2H3;1-5,7-9H;/q2*-1;. The number of ether oxygens (including phenoxy) is 1. The topological polar surface area (TPSA) is 35.0 Å². The molecule has 0 N–H and O–H groups in total. The van der Waals surface area contributed by atoms with Crippen LogP contribution in [0.15, 0.2) is 91.1 Å². The van der Waals surface area contributed by atoms with Crippen LogP contribution in [0.3, 0.4) is 0 Å². The molecule has 4 aromatic carbocycles. The predicted octanol–water partition coefficient (Wildman–Crippen LogP) is 7.98. The number of pyridine rings is 2. The monoisotopic (exact) mass is 659 g/mol. The minimum atomic E-state index is 0. The van der Waals surface area contributed by atoms with Crippen LogP contribution in [0, 0.1) is 18.1 Å². The normalized spacial score (nSPS) is 11.8. The molecule has 0 bridgehead atoms. The average molecular weight is 659 g/mol. The van der Waals surface area contributed by atoms with Gasteiger partial charge in [0, 0.05) is 37.4 Å². The molecule has 4 heteroatoms. The molecule has 0 aliphatic carbocycles. The van der Waals surface area contributed by atoms with E-state index in [1.54, 1.807) is 0 Å². The van der Waals surface area contributed by atoms with Gasteiger partial charge in [0.25, 0.3) is 0 Å². The summed E-state index contributed by atoms with van der Waals surface area (Å²) in [5.41, 5.74) is 6.54. The van der Waals surface area contributed by atoms with E-state index in [0.29, 0.717) is 12.5 Å². The Bertz CT molecular complexity index is 1660. The average Bonchev–Trinajstić information content (AvgIpc) is 2.92. The second kappa shape index (κ2) is 10.8. The predicted molar refractivity (Wildman–Crippen MR) is 147 cm³/mol. The van der Waals surface area contributed by atoms with Gasteiger partial charge in [0.2, 0.25) is 0 Å². The Morgan fingerprint density at radius 2 is 1.70 bits per heavy atom. The van der Waals surface area contributed by atoms with Gasteiger partial charge in [0.05, 0.1) is 12.1 Å². The van der Waals surface area contributed by atoms with Crippen molar-refractivity contribution in [2.45, 2.75) is 26.9 Å². The van der Waals surface area contributed by atoms with Crippen molar-refractivity contribution in [1.82, 2.24) is 9.97 Å². The van der Waals surface area contributed by atoms with E-state index in [2.05, 4.69) is 85.6 Å². The number of hydrogen-bond acceptors (Lipinski definition) is 3. The molecule has 3 heterocycles. The minimum Gasteiger partial charge on any atom is -0.506 e. The number of benzene rings is 4. The van der Waals surface area contributed by atoms with Gasteiger partial charge < -0.3 is 9.72 Å². The summed E-state index contributed by atoms with van der Waals surface area (Å²) in [6.45, 7) is 5.08. The fourth-order valence-electron chi connectivity index (χ4n) is 4.85. The molecule has 0 amide bonds. The Labute approximate surface area is 230 Å². The Morgan fingerprint density at radius 3 is 2.59 bits per heavy atom. The molecule has 0 atom stereocenters. The maximum Gasteiger partial charge on any atom is 0.104 e. The molecule has 3 nitrogen and oxygen atoms in total. The number of aromatic nitrogens is 2. The Hall–Kier alpha value is -3.59. The Morgan fingerprint density at radius 1 is 0.892 bits per heavy atom. The van der Waals surface area contributed by atoms with Crippen LogP contribution in [0.5, 0.6) is 5.75 Å². The summed E-state index contributed by atoms with van der Waals surface area (Å²) < 4.78 is 5.94. The molecule has 37 heavy (non-hydrogen) atoms. The summed E-state index contributed by atoms with van der Waals surface area (Å²) in [4.78, 5) is 9.25. The second-order valence-electron chi connectivity index (χ2n) is 9.55. The van der Waals surface area contributed by atoms with E-state index in [4.69, 9.17) is 9.72 Å². The van der Waals surface area contributed by atoms with Crippen LogP contribution in [-0.2, 0) is 33.1 Å². The van der Waals surface area contributed by atoms with Crippen molar-refractivity contribution in [2.75, 3.05) is 0 Å². The zero-order valence-electron chi connectivity index (χ0n) is 20.8. The summed E-state index contributed by atoms with van der Waals surface area (Å²) in [5.74, 6) is 1.50. The van der Waals surface area contributed by atoms with Crippen molar-refractivity contribution in [3.8, 4) is 17.0 Å². The van der Waals surface area contributed by atoms with Gasteiger partial charge in [-0.05, 0) is 47.0 Å². The number of nitrogens with zero attached hydrogens (tertiary/aromatic N) is 2. The summed E-state index contributed by atoms with van der Waals surface area (Å²) in [6.07, 6.45) is 2.88. The van der Waals surface area contributed by atoms with Gasteiger partial charge in [-0.25, -0.2) is 0 Å². The van der Waals surface area contributed by atoms with Gasteiger partial charge in [-0.1, -0.05) is 49.7 Å². The molecule has 0 saturated carbocycles. The molecule has 0 saturated heterocycles. The molecule has 0 fully saturated rings. The maximum atomic E-state index is 5.94. The van der Waals surface area contributed by atoms with Crippen LogP contribution in [-0.4, -0.2) is 9.97 Å². The van der Waals surface area contributed by atoms with Crippen LogP contribution in [0.1, 0.15) is 25.0 Å². The maximum absolute atomic E-state index is 5.94. The summed E-state index contributed by atoms with van der Waals surface area (Å²) in [6, 6.07) is 35.3. The van der Waals surface area contributed by atoms with Crippen molar-refractivity contribution in [1.29, 1.82) is 0 Å². The van der Waals surface area contributed by atoms with Gasteiger partial charge >= 0.3 is 0 Å². The van der Waals surface area contributed by atoms with E-state index < -0.39 is 0 Å². The summed E-state index contributed by atoms with van der Waals surface area (Å²) in [7, 11) is 0. The van der Waals surface area contributed by atoms with Gasteiger partial charge in [-0.2, -0.15) is 0 Å². The molecule has 2 aromatic heterocycles. The van der Waals surface area contributed by atoms with E-state index in [9.17, 15) is 0 Å². The molecule has 0 unspecified atom stereocenters. The molecule has 7 rings (SSSR count). The molecule has 1 aliphatic heterocycles. The van der Waals surface area contributed by atoms with Crippen LogP contribution < -0.4 is 4.74 Å². The first-order valence-corrected chi connectivity index (χ1v) is 12.4. The quantitative estimate of drug-likeness (QED) is 0.140. The summed E-state index contributed by atoms with van der Waals surface area (Å²) >= 11 is 0.